The molecule has 0 aliphatic carbocycles. The van der Waals surface area contributed by atoms with Gasteiger partial charge in [0, 0.05) is 9.37 Å². The normalized spacial score (nSPS) is 10.4. The Hall–Kier alpha value is -1.54. The number of amides is 1. The first-order valence-electron chi connectivity index (χ1n) is 7.40. The van der Waals surface area contributed by atoms with E-state index in [0.717, 1.165) is 14.9 Å². The van der Waals surface area contributed by atoms with Crippen molar-refractivity contribution in [3.63, 3.8) is 0 Å². The summed E-state index contributed by atoms with van der Waals surface area (Å²) in [4.78, 5) is 36.6. The van der Waals surface area contributed by atoms with Crippen molar-refractivity contribution < 1.29 is 23.9 Å². The maximum atomic E-state index is 12.1. The number of nitrogens with one attached hydrogen (secondary N) is 1. The van der Waals surface area contributed by atoms with Gasteiger partial charge in [-0.05, 0) is 44.5 Å². The maximum Gasteiger partial charge on any atom is 0.340 e. The highest BCUT2D eigenvalue weighted by molar-refractivity contribution is 9.10. The molecule has 0 bridgehead atoms. The Bertz CT molecular complexity index is 590. The third kappa shape index (κ3) is 6.52. The van der Waals surface area contributed by atoms with Crippen LogP contribution < -0.4 is 5.32 Å². The Morgan fingerprint density at radius 2 is 1.75 bits per heavy atom. The van der Waals surface area contributed by atoms with Crippen LogP contribution in [0.5, 0.6) is 0 Å². The first-order valence-corrected chi connectivity index (χ1v) is 9.18. The number of carbonyl (C=O) groups excluding carboxylic acids is 3. The lowest BCUT2D eigenvalue weighted by molar-refractivity contribution is -0.159. The van der Waals surface area contributed by atoms with Gasteiger partial charge in [0.05, 0.1) is 19.0 Å². The minimum atomic E-state index is -1.44. The number of esters is 2. The van der Waals surface area contributed by atoms with Gasteiger partial charge in [-0.3, -0.25) is 4.79 Å². The number of hydrogen-bond acceptors (Lipinski definition) is 6. The van der Waals surface area contributed by atoms with Crippen molar-refractivity contribution in [2.45, 2.75) is 31.7 Å². The molecule has 0 saturated heterocycles. The van der Waals surface area contributed by atoms with Crippen molar-refractivity contribution in [2.24, 2.45) is 0 Å². The van der Waals surface area contributed by atoms with Crippen molar-refractivity contribution in [1.29, 1.82) is 0 Å². The fraction of sp³-hybridized carbons (Fsp3) is 0.438. The van der Waals surface area contributed by atoms with Gasteiger partial charge in [0.1, 0.15) is 0 Å². The molecule has 0 heterocycles. The summed E-state index contributed by atoms with van der Waals surface area (Å²) < 4.78 is 10.6. The molecule has 1 aromatic rings. The zero-order chi connectivity index (χ0) is 18.1. The van der Waals surface area contributed by atoms with Crippen LogP contribution in [0.4, 0.5) is 0 Å². The number of ether oxygens (including phenoxy) is 2. The van der Waals surface area contributed by atoms with Gasteiger partial charge in [-0.15, -0.1) is 11.8 Å². The monoisotopic (exact) mass is 417 g/mol. The molecule has 0 saturated carbocycles. The summed E-state index contributed by atoms with van der Waals surface area (Å²) in [6, 6.07) is 4.28. The number of rotatable bonds is 8. The molecule has 0 radical (unpaired) electrons. The summed E-state index contributed by atoms with van der Waals surface area (Å²) in [5.74, 6) is -2.03. The average Bonchev–Trinajstić information content (AvgIpc) is 2.52. The Kier molecular flexibility index (Phi) is 8.84. The van der Waals surface area contributed by atoms with Crippen LogP contribution in [0.1, 0.15) is 19.4 Å². The lowest BCUT2D eigenvalue weighted by Gasteiger charge is -2.16. The Balaban J connectivity index is 2.67. The molecule has 132 valence electrons. The smallest absolute Gasteiger partial charge is 0.340 e. The van der Waals surface area contributed by atoms with E-state index in [1.165, 1.54) is 11.8 Å². The molecule has 1 rings (SSSR count). The molecule has 0 aliphatic rings. The van der Waals surface area contributed by atoms with E-state index in [4.69, 9.17) is 9.47 Å². The Morgan fingerprint density at radius 1 is 1.17 bits per heavy atom. The van der Waals surface area contributed by atoms with E-state index in [-0.39, 0.29) is 19.0 Å². The molecule has 0 aromatic heterocycles. The number of benzene rings is 1. The first kappa shape index (κ1) is 20.5. The first-order chi connectivity index (χ1) is 11.4. The van der Waals surface area contributed by atoms with Gasteiger partial charge in [-0.25, -0.2) is 9.59 Å². The average molecular weight is 418 g/mol. The van der Waals surface area contributed by atoms with Gasteiger partial charge >= 0.3 is 11.9 Å². The zero-order valence-electron chi connectivity index (χ0n) is 13.8. The third-order valence-corrected chi connectivity index (χ3v) is 4.51. The van der Waals surface area contributed by atoms with Gasteiger partial charge in [-0.1, -0.05) is 15.9 Å². The Morgan fingerprint density at radius 3 is 2.25 bits per heavy atom. The topological polar surface area (TPSA) is 81.7 Å². The predicted molar refractivity (Wildman–Crippen MR) is 94.8 cm³/mol. The number of thioether (sulfide) groups is 1. The van der Waals surface area contributed by atoms with E-state index in [1.54, 1.807) is 13.8 Å². The van der Waals surface area contributed by atoms with Crippen LogP contribution in [-0.4, -0.2) is 42.9 Å². The maximum absolute atomic E-state index is 12.1. The van der Waals surface area contributed by atoms with Crippen molar-refractivity contribution in [1.82, 2.24) is 5.32 Å². The van der Waals surface area contributed by atoms with Crippen LogP contribution >= 0.6 is 27.7 Å². The molecular weight excluding hydrogens is 398 g/mol. The highest BCUT2D eigenvalue weighted by Crippen LogP contribution is 2.25. The fourth-order valence-electron chi connectivity index (χ4n) is 1.79. The molecular formula is C16H20BrNO5S. The van der Waals surface area contributed by atoms with Gasteiger partial charge in [0.25, 0.3) is 0 Å². The number of halogens is 1. The minimum Gasteiger partial charge on any atom is -0.464 e. The number of carbonyl (C=O) groups is 3. The van der Waals surface area contributed by atoms with Gasteiger partial charge in [0.15, 0.2) is 0 Å². The molecule has 0 unspecified atom stereocenters. The van der Waals surface area contributed by atoms with E-state index in [9.17, 15) is 14.4 Å². The second-order valence-corrected chi connectivity index (χ2v) is 6.64. The number of aryl methyl sites for hydroxylation is 1. The molecule has 24 heavy (non-hydrogen) atoms. The van der Waals surface area contributed by atoms with Gasteiger partial charge in [-0.2, -0.15) is 0 Å². The molecule has 0 fully saturated rings. The highest BCUT2D eigenvalue weighted by atomic mass is 79.9. The molecule has 1 amide bonds. The summed E-state index contributed by atoms with van der Waals surface area (Å²) in [6.45, 7) is 5.39. The van der Waals surface area contributed by atoms with Crippen LogP contribution in [-0.2, 0) is 23.9 Å². The fourth-order valence-corrected chi connectivity index (χ4v) is 3.08. The van der Waals surface area contributed by atoms with Gasteiger partial charge < -0.3 is 14.8 Å². The summed E-state index contributed by atoms with van der Waals surface area (Å²) in [5, 5.41) is 2.37. The second-order valence-electron chi connectivity index (χ2n) is 4.70. The third-order valence-electron chi connectivity index (χ3n) is 2.85. The van der Waals surface area contributed by atoms with E-state index < -0.39 is 23.9 Å². The molecule has 1 N–H and O–H groups in total. The van der Waals surface area contributed by atoms with Crippen LogP contribution in [0.2, 0.25) is 0 Å². The van der Waals surface area contributed by atoms with Crippen molar-refractivity contribution in [2.75, 3.05) is 19.0 Å². The minimum absolute atomic E-state index is 0.0672. The summed E-state index contributed by atoms with van der Waals surface area (Å²) in [6.07, 6.45) is 0. The summed E-state index contributed by atoms with van der Waals surface area (Å²) in [5.41, 5.74) is 1.02. The van der Waals surface area contributed by atoms with E-state index in [0.29, 0.717) is 0 Å². The van der Waals surface area contributed by atoms with Crippen LogP contribution in [0.25, 0.3) is 0 Å². The SMILES string of the molecule is CCOC(=O)C(NC(=O)CSc1ccc(Br)cc1C)C(=O)OCC. The van der Waals surface area contributed by atoms with E-state index in [1.807, 2.05) is 25.1 Å². The molecule has 1 aromatic carbocycles. The van der Waals surface area contributed by atoms with Crippen LogP contribution in [0.15, 0.2) is 27.6 Å². The number of hydrogen-bond donors (Lipinski definition) is 1. The summed E-state index contributed by atoms with van der Waals surface area (Å²) >= 11 is 4.70. The lowest BCUT2D eigenvalue weighted by Crippen LogP contribution is -2.48. The lowest BCUT2D eigenvalue weighted by atomic mass is 10.2. The quantitative estimate of drug-likeness (QED) is 0.397. The zero-order valence-corrected chi connectivity index (χ0v) is 16.2. The van der Waals surface area contributed by atoms with E-state index >= 15 is 0 Å². The largest absolute Gasteiger partial charge is 0.464 e. The van der Waals surface area contributed by atoms with Gasteiger partial charge in [0.2, 0.25) is 11.9 Å². The predicted octanol–water partition coefficient (Wildman–Crippen LogP) is 2.46. The van der Waals surface area contributed by atoms with Crippen molar-refractivity contribution >= 4 is 45.5 Å². The molecule has 8 heteroatoms. The second kappa shape index (κ2) is 10.4. The van der Waals surface area contributed by atoms with Crippen molar-refractivity contribution in [3.05, 3.63) is 28.2 Å². The molecule has 0 spiro atoms. The standard InChI is InChI=1S/C16H20BrNO5S/c1-4-22-15(20)14(16(21)23-5-2)18-13(19)9-24-12-7-6-11(17)8-10(12)3/h6-8,14H,4-5,9H2,1-3H3,(H,18,19). The highest BCUT2D eigenvalue weighted by Gasteiger charge is 2.31. The Labute approximate surface area is 153 Å². The van der Waals surface area contributed by atoms with E-state index in [2.05, 4.69) is 21.2 Å². The molecule has 6 nitrogen and oxygen atoms in total. The molecule has 0 aliphatic heterocycles. The summed E-state index contributed by atoms with van der Waals surface area (Å²) in [7, 11) is 0. The van der Waals surface area contributed by atoms with Crippen LogP contribution in [0.3, 0.4) is 0 Å². The molecule has 0 atom stereocenters. The van der Waals surface area contributed by atoms with Crippen molar-refractivity contribution in [3.8, 4) is 0 Å². The van der Waals surface area contributed by atoms with Crippen LogP contribution in [0, 0.1) is 6.92 Å².